The van der Waals surface area contributed by atoms with Crippen molar-refractivity contribution in [1.82, 2.24) is 5.32 Å². The van der Waals surface area contributed by atoms with Gasteiger partial charge in [-0.1, -0.05) is 31.4 Å². The molecule has 0 radical (unpaired) electrons. The lowest BCUT2D eigenvalue weighted by molar-refractivity contribution is -0.137. The molecule has 0 heterocycles. The molecular weight excluding hydrogens is 323 g/mol. The fourth-order valence-electron chi connectivity index (χ4n) is 2.73. The van der Waals surface area contributed by atoms with E-state index >= 15 is 0 Å². The summed E-state index contributed by atoms with van der Waals surface area (Å²) in [6.07, 6.45) is -0.299. The van der Waals surface area contributed by atoms with E-state index in [9.17, 15) is 23.1 Å². The third kappa shape index (κ3) is 5.79. The zero-order valence-electron chi connectivity index (χ0n) is 13.3. The summed E-state index contributed by atoms with van der Waals surface area (Å²) >= 11 is 0. The van der Waals surface area contributed by atoms with Gasteiger partial charge in [-0.2, -0.15) is 13.2 Å². The minimum absolute atomic E-state index is 0.0953. The molecule has 1 amide bonds. The van der Waals surface area contributed by atoms with Crippen molar-refractivity contribution >= 4 is 5.91 Å². The standard InChI is InChI=1S/C17H22F3NO3/c18-17(19,20)13-6-4-5-12(9-13)15(22)10-21-16(23)11-24-14-7-2-1-3-8-14/h4-6,9,14-15,22H,1-3,7-8,10-11H2,(H,21,23). The van der Waals surface area contributed by atoms with Crippen LogP contribution in [0.5, 0.6) is 0 Å². The van der Waals surface area contributed by atoms with Crippen molar-refractivity contribution < 1.29 is 27.8 Å². The van der Waals surface area contributed by atoms with Crippen LogP contribution in [0.2, 0.25) is 0 Å². The Balaban J connectivity index is 1.77. The fourth-order valence-corrected chi connectivity index (χ4v) is 2.73. The Morgan fingerprint density at radius 1 is 1.29 bits per heavy atom. The van der Waals surface area contributed by atoms with Gasteiger partial charge in [-0.25, -0.2) is 0 Å². The van der Waals surface area contributed by atoms with Gasteiger partial charge in [-0.3, -0.25) is 4.79 Å². The van der Waals surface area contributed by atoms with Crippen LogP contribution in [0.15, 0.2) is 24.3 Å². The molecule has 1 aromatic carbocycles. The number of carbonyl (C=O) groups excluding carboxylic acids is 1. The predicted molar refractivity (Wildman–Crippen MR) is 82.2 cm³/mol. The normalized spacial score (nSPS) is 17.5. The molecular formula is C17H22F3NO3. The van der Waals surface area contributed by atoms with E-state index < -0.39 is 17.8 Å². The van der Waals surface area contributed by atoms with E-state index in [0.717, 1.165) is 37.8 Å². The monoisotopic (exact) mass is 345 g/mol. The number of benzene rings is 1. The van der Waals surface area contributed by atoms with Gasteiger partial charge in [-0.05, 0) is 30.5 Å². The number of nitrogens with one attached hydrogen (secondary N) is 1. The number of aliphatic hydroxyl groups is 1. The van der Waals surface area contributed by atoms with Gasteiger partial charge in [0.25, 0.3) is 0 Å². The maximum atomic E-state index is 12.7. The highest BCUT2D eigenvalue weighted by atomic mass is 19.4. The van der Waals surface area contributed by atoms with Crippen LogP contribution in [0, 0.1) is 0 Å². The Morgan fingerprint density at radius 3 is 2.67 bits per heavy atom. The topological polar surface area (TPSA) is 58.6 Å². The van der Waals surface area contributed by atoms with E-state index in [4.69, 9.17) is 4.74 Å². The number of halogens is 3. The van der Waals surface area contributed by atoms with Gasteiger partial charge in [-0.15, -0.1) is 0 Å². The van der Waals surface area contributed by atoms with Gasteiger partial charge in [0, 0.05) is 6.54 Å². The van der Waals surface area contributed by atoms with E-state index in [1.54, 1.807) is 0 Å². The predicted octanol–water partition coefficient (Wildman–Crippen LogP) is 3.20. The highest BCUT2D eigenvalue weighted by Gasteiger charge is 2.30. The first-order valence-corrected chi connectivity index (χ1v) is 8.10. The van der Waals surface area contributed by atoms with Gasteiger partial charge in [0.05, 0.1) is 17.8 Å². The minimum atomic E-state index is -4.47. The second-order valence-corrected chi connectivity index (χ2v) is 6.01. The molecule has 0 spiro atoms. The molecule has 0 saturated heterocycles. The molecule has 0 aromatic heterocycles. The molecule has 1 unspecified atom stereocenters. The lowest BCUT2D eigenvalue weighted by Gasteiger charge is -2.21. The summed E-state index contributed by atoms with van der Waals surface area (Å²) < 4.78 is 43.5. The van der Waals surface area contributed by atoms with Crippen LogP contribution in [0.1, 0.15) is 49.3 Å². The second kappa shape index (κ2) is 8.48. The third-order valence-corrected chi connectivity index (χ3v) is 4.09. The summed E-state index contributed by atoms with van der Waals surface area (Å²) in [4.78, 5) is 11.7. The van der Waals surface area contributed by atoms with Crippen LogP contribution in [0.3, 0.4) is 0 Å². The zero-order valence-corrected chi connectivity index (χ0v) is 13.3. The van der Waals surface area contributed by atoms with Crippen molar-refractivity contribution in [3.05, 3.63) is 35.4 Å². The number of aliphatic hydroxyl groups excluding tert-OH is 1. The molecule has 0 bridgehead atoms. The maximum Gasteiger partial charge on any atom is 0.416 e. The van der Waals surface area contributed by atoms with Gasteiger partial charge in [0.2, 0.25) is 5.91 Å². The average Bonchev–Trinajstić information content (AvgIpc) is 2.58. The number of rotatable bonds is 6. The lowest BCUT2D eigenvalue weighted by Crippen LogP contribution is -2.33. The van der Waals surface area contributed by atoms with E-state index in [1.807, 2.05) is 0 Å². The quantitative estimate of drug-likeness (QED) is 0.832. The molecule has 2 N–H and O–H groups in total. The van der Waals surface area contributed by atoms with Crippen molar-refractivity contribution in [3.63, 3.8) is 0 Å². The summed E-state index contributed by atoms with van der Waals surface area (Å²) in [6, 6.07) is 4.45. The van der Waals surface area contributed by atoms with Crippen LogP contribution < -0.4 is 5.32 Å². The molecule has 24 heavy (non-hydrogen) atoms. The molecule has 1 aliphatic carbocycles. The number of carbonyl (C=O) groups is 1. The molecule has 4 nitrogen and oxygen atoms in total. The zero-order chi connectivity index (χ0) is 17.6. The van der Waals surface area contributed by atoms with Crippen LogP contribution in [0.25, 0.3) is 0 Å². The van der Waals surface area contributed by atoms with E-state index in [-0.39, 0.29) is 30.7 Å². The molecule has 134 valence electrons. The Kier molecular flexibility index (Phi) is 6.62. The first kappa shape index (κ1) is 18.7. The summed E-state index contributed by atoms with van der Waals surface area (Å²) in [5.41, 5.74) is -0.718. The van der Waals surface area contributed by atoms with E-state index in [2.05, 4.69) is 5.32 Å². The third-order valence-electron chi connectivity index (χ3n) is 4.09. The van der Waals surface area contributed by atoms with Gasteiger partial charge < -0.3 is 15.2 Å². The summed E-state index contributed by atoms with van der Waals surface area (Å²) in [7, 11) is 0. The van der Waals surface area contributed by atoms with Crippen molar-refractivity contribution in [3.8, 4) is 0 Å². The van der Waals surface area contributed by atoms with Gasteiger partial charge in [0.15, 0.2) is 0 Å². The largest absolute Gasteiger partial charge is 0.416 e. The average molecular weight is 345 g/mol. The van der Waals surface area contributed by atoms with E-state index in [1.165, 1.54) is 18.6 Å². The number of alkyl halides is 3. The maximum absolute atomic E-state index is 12.7. The molecule has 1 fully saturated rings. The first-order valence-electron chi connectivity index (χ1n) is 8.10. The lowest BCUT2D eigenvalue weighted by atomic mass is 9.98. The Labute approximate surface area is 139 Å². The summed E-state index contributed by atoms with van der Waals surface area (Å²) in [5, 5.41) is 12.4. The van der Waals surface area contributed by atoms with Gasteiger partial charge in [0.1, 0.15) is 6.61 Å². The molecule has 2 rings (SSSR count). The van der Waals surface area contributed by atoms with E-state index in [0.29, 0.717) is 0 Å². The van der Waals surface area contributed by atoms with Crippen molar-refractivity contribution in [2.45, 2.75) is 50.5 Å². The Hall–Kier alpha value is -1.60. The minimum Gasteiger partial charge on any atom is -0.387 e. The Bertz CT molecular complexity index is 542. The highest BCUT2D eigenvalue weighted by Crippen LogP contribution is 2.30. The molecule has 1 saturated carbocycles. The fraction of sp³-hybridized carbons (Fsp3) is 0.588. The highest BCUT2D eigenvalue weighted by molar-refractivity contribution is 5.77. The van der Waals surface area contributed by atoms with Crippen LogP contribution in [0.4, 0.5) is 13.2 Å². The van der Waals surface area contributed by atoms with Crippen molar-refractivity contribution in [2.24, 2.45) is 0 Å². The smallest absolute Gasteiger partial charge is 0.387 e. The molecule has 1 aromatic rings. The van der Waals surface area contributed by atoms with Crippen LogP contribution >= 0.6 is 0 Å². The number of hydrogen-bond acceptors (Lipinski definition) is 3. The van der Waals surface area contributed by atoms with Crippen LogP contribution in [-0.4, -0.2) is 30.3 Å². The van der Waals surface area contributed by atoms with Crippen molar-refractivity contribution in [1.29, 1.82) is 0 Å². The Morgan fingerprint density at radius 2 is 2.00 bits per heavy atom. The second-order valence-electron chi connectivity index (χ2n) is 6.01. The molecule has 1 aliphatic rings. The molecule has 0 aliphatic heterocycles. The number of hydrogen-bond donors (Lipinski definition) is 2. The number of amides is 1. The summed E-state index contributed by atoms with van der Waals surface area (Å²) in [5.74, 6) is -0.383. The number of ether oxygens (including phenoxy) is 1. The first-order chi connectivity index (χ1) is 11.4. The van der Waals surface area contributed by atoms with Crippen LogP contribution in [-0.2, 0) is 15.7 Å². The molecule has 1 atom stereocenters. The summed E-state index contributed by atoms with van der Waals surface area (Å²) in [6.45, 7) is -0.256. The van der Waals surface area contributed by atoms with Gasteiger partial charge >= 0.3 is 6.18 Å². The SMILES string of the molecule is O=C(COC1CCCCC1)NCC(O)c1cccc(C(F)(F)F)c1. The van der Waals surface area contributed by atoms with Crippen molar-refractivity contribution in [2.75, 3.05) is 13.2 Å². The molecule has 7 heteroatoms.